The van der Waals surface area contributed by atoms with Crippen LogP contribution in [0.1, 0.15) is 28.6 Å². The van der Waals surface area contributed by atoms with Crippen molar-refractivity contribution in [2.24, 2.45) is 0 Å². The molecule has 0 atom stereocenters. The lowest BCUT2D eigenvalue weighted by molar-refractivity contribution is 0.111. The molecule has 3 nitrogen and oxygen atoms in total. The molecule has 78 valence electrons. The van der Waals surface area contributed by atoms with Gasteiger partial charge in [-0.25, -0.2) is 0 Å². The number of aliphatic hydroxyl groups excluding tert-OH is 1. The minimum Gasteiger partial charge on any atom is -0.458 e. The van der Waals surface area contributed by atoms with Gasteiger partial charge in [-0.2, -0.15) is 0 Å². The van der Waals surface area contributed by atoms with E-state index in [9.17, 15) is 4.79 Å². The third kappa shape index (κ3) is 1.45. The Kier molecular flexibility index (Phi) is 2.56. The number of carbonyl (C=O) groups excluding carboxylic acids is 1. The SMILES string of the molecule is CCc1cccc2c(C=O)c(CO)oc12. The molecule has 0 aliphatic rings. The zero-order valence-electron chi connectivity index (χ0n) is 8.49. The van der Waals surface area contributed by atoms with E-state index in [0.29, 0.717) is 16.9 Å². The summed E-state index contributed by atoms with van der Waals surface area (Å²) in [6, 6.07) is 5.69. The Morgan fingerprint density at radius 1 is 1.47 bits per heavy atom. The van der Waals surface area contributed by atoms with Gasteiger partial charge in [-0.1, -0.05) is 25.1 Å². The van der Waals surface area contributed by atoms with Crippen LogP contribution in [-0.4, -0.2) is 11.4 Å². The molecule has 1 aromatic heterocycles. The average Bonchev–Trinajstić information content (AvgIpc) is 2.66. The summed E-state index contributed by atoms with van der Waals surface area (Å²) in [6.45, 7) is 1.78. The first-order valence-electron chi connectivity index (χ1n) is 4.91. The summed E-state index contributed by atoms with van der Waals surface area (Å²) in [5, 5.41) is 9.85. The first-order chi connectivity index (χ1) is 7.31. The van der Waals surface area contributed by atoms with Crippen LogP contribution in [0.2, 0.25) is 0 Å². The summed E-state index contributed by atoms with van der Waals surface area (Å²) in [7, 11) is 0. The van der Waals surface area contributed by atoms with Gasteiger partial charge < -0.3 is 9.52 Å². The Balaban J connectivity index is 2.80. The average molecular weight is 204 g/mol. The van der Waals surface area contributed by atoms with Crippen molar-refractivity contribution in [2.45, 2.75) is 20.0 Å². The van der Waals surface area contributed by atoms with Gasteiger partial charge in [0.2, 0.25) is 0 Å². The van der Waals surface area contributed by atoms with Crippen LogP contribution in [0.15, 0.2) is 22.6 Å². The molecule has 0 radical (unpaired) electrons. The van der Waals surface area contributed by atoms with Crippen LogP contribution in [0, 0.1) is 0 Å². The Morgan fingerprint density at radius 2 is 2.27 bits per heavy atom. The topological polar surface area (TPSA) is 50.4 Å². The third-order valence-electron chi connectivity index (χ3n) is 2.55. The Hall–Kier alpha value is -1.61. The number of aryl methyl sites for hydroxylation is 1. The highest BCUT2D eigenvalue weighted by atomic mass is 16.4. The zero-order valence-corrected chi connectivity index (χ0v) is 8.49. The fourth-order valence-electron chi connectivity index (χ4n) is 1.77. The molecule has 0 unspecified atom stereocenters. The van der Waals surface area contributed by atoms with E-state index in [0.717, 1.165) is 23.7 Å². The highest BCUT2D eigenvalue weighted by Gasteiger charge is 2.14. The van der Waals surface area contributed by atoms with Gasteiger partial charge in [0.15, 0.2) is 6.29 Å². The normalized spacial score (nSPS) is 10.8. The van der Waals surface area contributed by atoms with Crippen LogP contribution in [0.5, 0.6) is 0 Å². The molecule has 0 bridgehead atoms. The zero-order chi connectivity index (χ0) is 10.8. The lowest BCUT2D eigenvalue weighted by atomic mass is 10.1. The van der Waals surface area contributed by atoms with Gasteiger partial charge in [-0.05, 0) is 12.0 Å². The van der Waals surface area contributed by atoms with Gasteiger partial charge in [-0.15, -0.1) is 0 Å². The standard InChI is InChI=1S/C12H12O3/c1-2-8-4-3-5-9-10(6-13)11(7-14)15-12(8)9/h3-6,14H,2,7H2,1H3. The lowest BCUT2D eigenvalue weighted by Crippen LogP contribution is -1.85. The number of benzene rings is 1. The van der Waals surface area contributed by atoms with Crippen molar-refractivity contribution in [1.82, 2.24) is 0 Å². The van der Waals surface area contributed by atoms with E-state index < -0.39 is 0 Å². The smallest absolute Gasteiger partial charge is 0.154 e. The number of furan rings is 1. The molecule has 2 rings (SSSR count). The molecule has 0 amide bonds. The van der Waals surface area contributed by atoms with Crippen LogP contribution in [0.3, 0.4) is 0 Å². The van der Waals surface area contributed by atoms with E-state index in [1.54, 1.807) is 0 Å². The molecule has 0 aliphatic carbocycles. The molecule has 1 aromatic carbocycles. The van der Waals surface area contributed by atoms with E-state index in [-0.39, 0.29) is 6.61 Å². The maximum absolute atomic E-state index is 10.9. The van der Waals surface area contributed by atoms with Gasteiger partial charge in [-0.3, -0.25) is 4.79 Å². The van der Waals surface area contributed by atoms with E-state index >= 15 is 0 Å². The van der Waals surface area contributed by atoms with Crippen molar-refractivity contribution < 1.29 is 14.3 Å². The summed E-state index contributed by atoms with van der Waals surface area (Å²) in [6.07, 6.45) is 1.57. The van der Waals surface area contributed by atoms with Gasteiger partial charge in [0.1, 0.15) is 18.0 Å². The molecular formula is C12H12O3. The first-order valence-corrected chi connectivity index (χ1v) is 4.91. The van der Waals surface area contributed by atoms with E-state index in [2.05, 4.69) is 0 Å². The summed E-state index contributed by atoms with van der Waals surface area (Å²) >= 11 is 0. The minimum atomic E-state index is -0.244. The van der Waals surface area contributed by atoms with E-state index in [1.807, 2.05) is 25.1 Å². The first kappa shape index (κ1) is 9.93. The minimum absolute atomic E-state index is 0.244. The van der Waals surface area contributed by atoms with Gasteiger partial charge in [0.05, 0.1) is 5.56 Å². The van der Waals surface area contributed by atoms with Crippen molar-refractivity contribution in [2.75, 3.05) is 0 Å². The van der Waals surface area contributed by atoms with Gasteiger partial charge in [0, 0.05) is 5.39 Å². The van der Waals surface area contributed by atoms with Crippen molar-refractivity contribution in [3.8, 4) is 0 Å². The molecule has 0 spiro atoms. The predicted molar refractivity (Wildman–Crippen MR) is 56.9 cm³/mol. The van der Waals surface area contributed by atoms with Crippen LogP contribution < -0.4 is 0 Å². The summed E-state index contributed by atoms with van der Waals surface area (Å²) in [5.74, 6) is 0.348. The van der Waals surface area contributed by atoms with Crippen molar-refractivity contribution in [1.29, 1.82) is 0 Å². The number of aliphatic hydroxyl groups is 1. The Labute approximate surface area is 87.3 Å². The molecule has 2 aromatic rings. The lowest BCUT2D eigenvalue weighted by Gasteiger charge is -1.96. The number of hydrogen-bond donors (Lipinski definition) is 1. The number of rotatable bonds is 3. The molecule has 1 heterocycles. The van der Waals surface area contributed by atoms with Crippen LogP contribution in [0.25, 0.3) is 11.0 Å². The summed E-state index contributed by atoms with van der Waals surface area (Å²) in [5.41, 5.74) is 2.23. The number of aldehydes is 1. The molecule has 0 fully saturated rings. The Morgan fingerprint density at radius 3 is 2.87 bits per heavy atom. The second-order valence-corrected chi connectivity index (χ2v) is 3.36. The highest BCUT2D eigenvalue weighted by Crippen LogP contribution is 2.27. The second-order valence-electron chi connectivity index (χ2n) is 3.36. The largest absolute Gasteiger partial charge is 0.458 e. The van der Waals surface area contributed by atoms with Crippen LogP contribution in [-0.2, 0) is 13.0 Å². The monoisotopic (exact) mass is 204 g/mol. The van der Waals surface area contributed by atoms with Crippen LogP contribution >= 0.6 is 0 Å². The highest BCUT2D eigenvalue weighted by molar-refractivity contribution is 5.98. The Bertz CT molecular complexity index is 497. The fraction of sp³-hybridized carbons (Fsp3) is 0.250. The van der Waals surface area contributed by atoms with Gasteiger partial charge in [0.25, 0.3) is 0 Å². The molecule has 3 heteroatoms. The molecule has 0 saturated carbocycles. The molecule has 15 heavy (non-hydrogen) atoms. The molecule has 0 saturated heterocycles. The van der Waals surface area contributed by atoms with Crippen LogP contribution in [0.4, 0.5) is 0 Å². The van der Waals surface area contributed by atoms with E-state index in [1.165, 1.54) is 0 Å². The molecule has 0 aliphatic heterocycles. The molecule has 1 N–H and O–H groups in total. The second kappa shape index (κ2) is 3.87. The summed E-state index contributed by atoms with van der Waals surface area (Å²) < 4.78 is 5.48. The van der Waals surface area contributed by atoms with Gasteiger partial charge >= 0.3 is 0 Å². The third-order valence-corrected chi connectivity index (χ3v) is 2.55. The van der Waals surface area contributed by atoms with Crippen molar-refractivity contribution in [3.63, 3.8) is 0 Å². The number of para-hydroxylation sites is 1. The summed E-state index contributed by atoms with van der Waals surface area (Å²) in [4.78, 5) is 10.9. The fourth-order valence-corrected chi connectivity index (χ4v) is 1.77. The number of fused-ring (bicyclic) bond motifs is 1. The molecular weight excluding hydrogens is 192 g/mol. The maximum Gasteiger partial charge on any atom is 0.154 e. The van der Waals surface area contributed by atoms with Crippen molar-refractivity contribution in [3.05, 3.63) is 35.1 Å². The van der Waals surface area contributed by atoms with E-state index in [4.69, 9.17) is 9.52 Å². The number of hydrogen-bond acceptors (Lipinski definition) is 3. The van der Waals surface area contributed by atoms with Crippen molar-refractivity contribution >= 4 is 17.3 Å². The number of carbonyl (C=O) groups is 1. The maximum atomic E-state index is 10.9. The quantitative estimate of drug-likeness (QED) is 0.780. The predicted octanol–water partition coefficient (Wildman–Crippen LogP) is 2.30.